The molecular weight excluding hydrogens is 889 g/mol. The molecule has 0 saturated carbocycles. The number of Topliss-reactive ketones (excluding diaryl/α,β-unsaturated/α-hetero) is 2. The maximum absolute atomic E-state index is 13.5. The number of allylic oxidation sites excluding steroid dienone is 2. The largest absolute Gasteiger partial charge is 0.492 e. The smallest absolute Gasteiger partial charge is 0.323 e. The molecule has 61 heavy (non-hydrogen) atoms. The minimum Gasteiger partial charge on any atom is -0.492 e. The van der Waals surface area contributed by atoms with Crippen molar-refractivity contribution in [1.82, 2.24) is 0 Å². The molecule has 26 heteroatoms. The number of benzene rings is 4. The lowest BCUT2D eigenvalue weighted by molar-refractivity contribution is 0.105. The van der Waals surface area contributed by atoms with Gasteiger partial charge in [0.25, 0.3) is 40.5 Å². The molecule has 318 valence electrons. The number of nitrogens with one attached hydrogen (secondary N) is 4. The molecule has 0 atom stereocenters. The molecule has 2 amide bonds. The number of ketones is 2. The number of nitrogens with zero attached hydrogens (tertiary/aromatic N) is 2. The van der Waals surface area contributed by atoms with E-state index in [2.05, 4.69) is 31.7 Å². The van der Waals surface area contributed by atoms with Gasteiger partial charge >= 0.3 is 6.03 Å². The quantitative estimate of drug-likeness (QED) is 0.0735. The van der Waals surface area contributed by atoms with Crippen molar-refractivity contribution in [1.29, 1.82) is 0 Å². The van der Waals surface area contributed by atoms with Crippen LogP contribution in [0.3, 0.4) is 0 Å². The van der Waals surface area contributed by atoms with Crippen molar-refractivity contribution in [3.63, 3.8) is 0 Å². The van der Waals surface area contributed by atoms with E-state index in [4.69, 9.17) is 9.29 Å². The van der Waals surface area contributed by atoms with Gasteiger partial charge in [-0.1, -0.05) is 0 Å². The maximum atomic E-state index is 13.5. The van der Waals surface area contributed by atoms with Crippen LogP contribution in [0.4, 0.5) is 27.5 Å². The van der Waals surface area contributed by atoms with Gasteiger partial charge < -0.3 is 15.4 Å². The van der Waals surface area contributed by atoms with E-state index in [1.54, 1.807) is 6.92 Å². The van der Waals surface area contributed by atoms with Crippen LogP contribution >= 0.6 is 0 Å². The third kappa shape index (κ3) is 9.88. The van der Waals surface area contributed by atoms with Crippen molar-refractivity contribution >= 4 is 104 Å². The highest BCUT2D eigenvalue weighted by Gasteiger charge is 2.35. The lowest BCUT2D eigenvalue weighted by Gasteiger charge is -2.18. The van der Waals surface area contributed by atoms with E-state index in [-0.39, 0.29) is 57.4 Å². The first-order valence-corrected chi connectivity index (χ1v) is 22.5. The van der Waals surface area contributed by atoms with Crippen LogP contribution < -0.4 is 26.2 Å². The van der Waals surface area contributed by atoms with Crippen LogP contribution in [0.25, 0.3) is 12.2 Å². The number of anilines is 4. The van der Waals surface area contributed by atoms with Crippen LogP contribution in [0.1, 0.15) is 38.8 Å². The van der Waals surface area contributed by atoms with Crippen molar-refractivity contribution in [3.05, 3.63) is 111 Å². The second kappa shape index (κ2) is 16.4. The summed E-state index contributed by atoms with van der Waals surface area (Å²) in [4.78, 5) is 36.9. The standard InChI is InChI=1S/C35H28N6O16S4/c1-2-57-27-12-7-23(17-28(27)59(48,49)50)39-41-32-30(61(54,55)56)16-19-14-22(6-11-26(19)34(32)43)37-35(44)36-21-5-10-25-18(13-21)15-29(60(51,52)53)31(33(25)42)40-38-20-3-8-24(9-4-20)58(45,46)47/h3-17,38-39H,2H2,1H3,(H2,36,37,44)(H,45,46,47)(H,48,49,50)(H,51,52,53)(H,54,55,56)/b40-31+,41-32-. The highest BCUT2D eigenvalue weighted by molar-refractivity contribution is 7.91. The number of rotatable bonds is 12. The number of amides is 2. The number of hydrogen-bond donors (Lipinski definition) is 8. The Hall–Kier alpha value is -6.65. The molecule has 0 spiro atoms. The molecular formula is C35H28N6O16S4. The van der Waals surface area contributed by atoms with Gasteiger partial charge in [0.1, 0.15) is 20.5 Å². The molecule has 22 nitrogen and oxygen atoms in total. The van der Waals surface area contributed by atoms with Crippen LogP contribution in [-0.2, 0) is 40.5 Å². The molecule has 6 rings (SSSR count). The molecule has 0 saturated heterocycles. The van der Waals surface area contributed by atoms with Crippen LogP contribution in [-0.4, -0.2) is 87.5 Å². The van der Waals surface area contributed by atoms with E-state index in [1.165, 1.54) is 48.5 Å². The predicted molar refractivity (Wildman–Crippen MR) is 219 cm³/mol. The molecule has 0 aromatic heterocycles. The van der Waals surface area contributed by atoms with Gasteiger partial charge in [-0.05, 0) is 109 Å². The SMILES string of the molecule is CCOc1ccc(N/N=C2\C(=O)c3ccc(NC(=O)Nc4ccc5c(c4)C=C(S(=O)(=O)O)/C(=N\Nc4ccc(S(=O)(=O)O)cc4)C5=O)cc3C=C2S(=O)(=O)O)cc1S(=O)(=O)O. The monoisotopic (exact) mass is 916 g/mol. The fraction of sp³-hybridized carbons (Fsp3) is 0.0571. The number of carbonyl (C=O) groups is 3. The summed E-state index contributed by atoms with van der Waals surface area (Å²) in [5.74, 6) is -2.16. The Labute approximate surface area is 345 Å². The highest BCUT2D eigenvalue weighted by Crippen LogP contribution is 2.32. The highest BCUT2D eigenvalue weighted by atomic mass is 32.2. The van der Waals surface area contributed by atoms with E-state index in [1.807, 2.05) is 0 Å². The molecule has 2 aliphatic rings. The Morgan fingerprint density at radius 1 is 0.574 bits per heavy atom. The summed E-state index contributed by atoms with van der Waals surface area (Å²) in [6, 6.07) is 14.2. The topological polar surface area (TPSA) is 351 Å². The summed E-state index contributed by atoms with van der Waals surface area (Å²) in [7, 11) is -19.5. The van der Waals surface area contributed by atoms with Gasteiger partial charge in [-0.25, -0.2) is 4.79 Å². The summed E-state index contributed by atoms with van der Waals surface area (Å²) in [5, 5.41) is 12.5. The Morgan fingerprint density at radius 2 is 1.02 bits per heavy atom. The van der Waals surface area contributed by atoms with Gasteiger partial charge in [0.15, 0.2) is 11.4 Å². The van der Waals surface area contributed by atoms with Crippen LogP contribution in [0, 0.1) is 0 Å². The molecule has 0 fully saturated rings. The van der Waals surface area contributed by atoms with E-state index >= 15 is 0 Å². The molecule has 0 radical (unpaired) electrons. The molecule has 4 aromatic rings. The number of ether oxygens (including phenoxy) is 1. The zero-order valence-corrected chi connectivity index (χ0v) is 33.8. The molecule has 0 aliphatic heterocycles. The molecule has 0 heterocycles. The first-order valence-electron chi connectivity index (χ1n) is 16.8. The fourth-order valence-electron chi connectivity index (χ4n) is 5.73. The summed E-state index contributed by atoms with van der Waals surface area (Å²) >= 11 is 0. The summed E-state index contributed by atoms with van der Waals surface area (Å²) in [5.41, 5.74) is 2.78. The lowest BCUT2D eigenvalue weighted by Crippen LogP contribution is -2.27. The summed E-state index contributed by atoms with van der Waals surface area (Å²) in [6.45, 7) is 1.63. The third-order valence-electron chi connectivity index (χ3n) is 8.40. The van der Waals surface area contributed by atoms with E-state index in [0.29, 0.717) is 0 Å². The van der Waals surface area contributed by atoms with Crippen LogP contribution in [0.15, 0.2) is 109 Å². The fourth-order valence-corrected chi connectivity index (χ4v) is 8.18. The average Bonchev–Trinajstić information content (AvgIpc) is 3.16. The number of hydrogen-bond acceptors (Lipinski definition) is 16. The minimum atomic E-state index is -5.13. The number of fused-ring (bicyclic) bond motifs is 2. The van der Waals surface area contributed by atoms with Crippen molar-refractivity contribution in [3.8, 4) is 5.75 Å². The second-order valence-corrected chi connectivity index (χ2v) is 18.1. The van der Waals surface area contributed by atoms with Gasteiger partial charge in [0.2, 0.25) is 11.6 Å². The zero-order chi connectivity index (χ0) is 44.7. The van der Waals surface area contributed by atoms with Crippen molar-refractivity contribution < 1.29 is 71.0 Å². The Balaban J connectivity index is 1.21. The van der Waals surface area contributed by atoms with E-state index in [0.717, 1.165) is 42.5 Å². The number of carbonyl (C=O) groups excluding carboxylic acids is 3. The number of urea groups is 1. The molecule has 2 aliphatic carbocycles. The maximum Gasteiger partial charge on any atom is 0.323 e. The van der Waals surface area contributed by atoms with Gasteiger partial charge in [-0.2, -0.15) is 43.9 Å². The molecule has 0 bridgehead atoms. The van der Waals surface area contributed by atoms with Crippen molar-refractivity contribution in [2.45, 2.75) is 16.7 Å². The molecule has 0 unspecified atom stereocenters. The number of hydrazone groups is 2. The van der Waals surface area contributed by atoms with Crippen molar-refractivity contribution in [2.24, 2.45) is 10.2 Å². The lowest BCUT2D eigenvalue weighted by atomic mass is 9.94. The molecule has 8 N–H and O–H groups in total. The van der Waals surface area contributed by atoms with Crippen LogP contribution in [0.5, 0.6) is 5.75 Å². The summed E-state index contributed by atoms with van der Waals surface area (Å²) < 4.78 is 140. The third-order valence-corrected chi connectivity index (χ3v) is 11.9. The van der Waals surface area contributed by atoms with E-state index in [9.17, 15) is 61.7 Å². The van der Waals surface area contributed by atoms with Gasteiger partial charge in [0, 0.05) is 22.5 Å². The van der Waals surface area contributed by atoms with E-state index < -0.39 is 89.1 Å². The summed E-state index contributed by atoms with van der Waals surface area (Å²) in [6.07, 6.45) is 1.81. The normalized spacial score (nSPS) is 15.6. The molecule has 4 aromatic carbocycles. The Kier molecular flexibility index (Phi) is 11.8. The first-order chi connectivity index (χ1) is 28.4. The van der Waals surface area contributed by atoms with Gasteiger partial charge in [0.05, 0.1) is 22.9 Å². The van der Waals surface area contributed by atoms with Crippen molar-refractivity contribution in [2.75, 3.05) is 28.1 Å². The predicted octanol–water partition coefficient (Wildman–Crippen LogP) is 4.01. The Bertz CT molecular complexity index is 3140. The first kappa shape index (κ1) is 43.9. The average molecular weight is 917 g/mol. The van der Waals surface area contributed by atoms with Gasteiger partial charge in [-0.3, -0.25) is 38.7 Å². The van der Waals surface area contributed by atoms with Crippen LogP contribution in [0.2, 0.25) is 0 Å². The van der Waals surface area contributed by atoms with Gasteiger partial charge in [-0.15, -0.1) is 0 Å². The minimum absolute atomic E-state index is 0.00306. The second-order valence-electron chi connectivity index (χ2n) is 12.5. The Morgan fingerprint density at radius 3 is 1.44 bits per heavy atom. The zero-order valence-electron chi connectivity index (χ0n) is 30.6.